The van der Waals surface area contributed by atoms with Crippen molar-refractivity contribution in [2.45, 2.75) is 6.42 Å². The highest BCUT2D eigenvalue weighted by Crippen LogP contribution is 2.33. The maximum Gasteiger partial charge on any atom is 0.119 e. The molecular formula is C16H15NO. The molecule has 2 nitrogen and oxygen atoms in total. The van der Waals surface area contributed by atoms with E-state index < -0.39 is 0 Å². The largest absolute Gasteiger partial charge is 0.497 e. The molecule has 0 radical (unpaired) electrons. The van der Waals surface area contributed by atoms with Crippen LogP contribution in [0.4, 0.5) is 11.4 Å². The van der Waals surface area contributed by atoms with E-state index in [-0.39, 0.29) is 0 Å². The van der Waals surface area contributed by atoms with E-state index in [2.05, 4.69) is 53.6 Å². The van der Waals surface area contributed by atoms with Gasteiger partial charge < -0.3 is 9.64 Å². The third kappa shape index (κ3) is 1.86. The van der Waals surface area contributed by atoms with Gasteiger partial charge in [-0.15, -0.1) is 0 Å². The third-order valence-electron chi connectivity index (χ3n) is 3.19. The van der Waals surface area contributed by atoms with Gasteiger partial charge in [-0.25, -0.2) is 0 Å². The van der Waals surface area contributed by atoms with Crippen molar-refractivity contribution in [3.05, 3.63) is 66.4 Å². The minimum absolute atomic E-state index is 0.882. The van der Waals surface area contributed by atoms with Gasteiger partial charge >= 0.3 is 0 Å². The van der Waals surface area contributed by atoms with Crippen molar-refractivity contribution in [2.75, 3.05) is 12.0 Å². The van der Waals surface area contributed by atoms with E-state index in [1.165, 1.54) is 11.3 Å². The second-order valence-corrected chi connectivity index (χ2v) is 4.29. The number of allylic oxidation sites excluding steroid dienone is 1. The molecule has 0 aliphatic carbocycles. The monoisotopic (exact) mass is 237 g/mol. The van der Waals surface area contributed by atoms with Crippen LogP contribution >= 0.6 is 0 Å². The fourth-order valence-electron chi connectivity index (χ4n) is 2.25. The SMILES string of the molecule is COc1ccc(N2C=CCc3ccccc32)cc1. The van der Waals surface area contributed by atoms with Gasteiger partial charge in [-0.05, 0) is 42.3 Å². The Morgan fingerprint density at radius 2 is 1.78 bits per heavy atom. The van der Waals surface area contributed by atoms with E-state index in [1.807, 2.05) is 12.1 Å². The van der Waals surface area contributed by atoms with Crippen LogP contribution in [0.5, 0.6) is 5.75 Å². The van der Waals surface area contributed by atoms with Gasteiger partial charge in [0.25, 0.3) is 0 Å². The fraction of sp³-hybridized carbons (Fsp3) is 0.125. The number of methoxy groups -OCH3 is 1. The lowest BCUT2D eigenvalue weighted by Gasteiger charge is -2.26. The second-order valence-electron chi connectivity index (χ2n) is 4.29. The van der Waals surface area contributed by atoms with Crippen LogP contribution in [0, 0.1) is 0 Å². The Kier molecular flexibility index (Phi) is 2.77. The van der Waals surface area contributed by atoms with Crippen molar-refractivity contribution < 1.29 is 4.74 Å². The highest BCUT2D eigenvalue weighted by Gasteiger charge is 2.13. The van der Waals surface area contributed by atoms with Gasteiger partial charge in [0.2, 0.25) is 0 Å². The molecule has 0 fully saturated rings. The maximum absolute atomic E-state index is 5.19. The molecule has 0 N–H and O–H groups in total. The van der Waals surface area contributed by atoms with Crippen LogP contribution in [-0.4, -0.2) is 7.11 Å². The zero-order valence-electron chi connectivity index (χ0n) is 10.3. The summed E-state index contributed by atoms with van der Waals surface area (Å²) in [6.07, 6.45) is 5.32. The molecule has 2 aromatic carbocycles. The van der Waals surface area contributed by atoms with E-state index in [1.54, 1.807) is 7.11 Å². The highest BCUT2D eigenvalue weighted by molar-refractivity contribution is 5.71. The fourth-order valence-corrected chi connectivity index (χ4v) is 2.25. The van der Waals surface area contributed by atoms with Crippen LogP contribution in [0.25, 0.3) is 0 Å². The van der Waals surface area contributed by atoms with E-state index in [4.69, 9.17) is 4.74 Å². The third-order valence-corrected chi connectivity index (χ3v) is 3.19. The Hall–Kier alpha value is -2.22. The minimum atomic E-state index is 0.882. The van der Waals surface area contributed by atoms with Gasteiger partial charge in [-0.2, -0.15) is 0 Å². The van der Waals surface area contributed by atoms with Gasteiger partial charge in [-0.3, -0.25) is 0 Å². The predicted octanol–water partition coefficient (Wildman–Crippen LogP) is 3.90. The average molecular weight is 237 g/mol. The van der Waals surface area contributed by atoms with E-state index in [0.29, 0.717) is 0 Å². The smallest absolute Gasteiger partial charge is 0.119 e. The summed E-state index contributed by atoms with van der Waals surface area (Å²) in [4.78, 5) is 2.21. The summed E-state index contributed by atoms with van der Waals surface area (Å²) in [5, 5.41) is 0. The molecule has 3 rings (SSSR count). The van der Waals surface area contributed by atoms with Crippen molar-refractivity contribution in [2.24, 2.45) is 0 Å². The molecule has 0 saturated carbocycles. The van der Waals surface area contributed by atoms with Crippen LogP contribution in [0.2, 0.25) is 0 Å². The first kappa shape index (κ1) is 10.9. The molecule has 2 aromatic rings. The molecule has 0 spiro atoms. The van der Waals surface area contributed by atoms with Crippen molar-refractivity contribution >= 4 is 11.4 Å². The zero-order chi connectivity index (χ0) is 12.4. The summed E-state index contributed by atoms with van der Waals surface area (Å²) in [5.41, 5.74) is 3.76. The van der Waals surface area contributed by atoms with E-state index in [0.717, 1.165) is 17.9 Å². The summed E-state index contributed by atoms with van der Waals surface area (Å²) >= 11 is 0. The Balaban J connectivity index is 2.00. The van der Waals surface area contributed by atoms with Crippen LogP contribution in [0.1, 0.15) is 5.56 Å². The number of ether oxygens (including phenoxy) is 1. The number of benzene rings is 2. The van der Waals surface area contributed by atoms with Crippen molar-refractivity contribution in [3.8, 4) is 5.75 Å². The molecule has 0 amide bonds. The lowest BCUT2D eigenvalue weighted by molar-refractivity contribution is 0.415. The van der Waals surface area contributed by atoms with Crippen molar-refractivity contribution in [1.29, 1.82) is 0 Å². The minimum Gasteiger partial charge on any atom is -0.497 e. The molecule has 0 saturated heterocycles. The Morgan fingerprint density at radius 1 is 1.00 bits per heavy atom. The molecule has 0 atom stereocenters. The van der Waals surface area contributed by atoms with Gasteiger partial charge in [0, 0.05) is 17.6 Å². The summed E-state index contributed by atoms with van der Waals surface area (Å²) in [7, 11) is 1.69. The number of anilines is 2. The topological polar surface area (TPSA) is 12.5 Å². The molecule has 90 valence electrons. The zero-order valence-corrected chi connectivity index (χ0v) is 10.3. The predicted molar refractivity (Wildman–Crippen MR) is 74.4 cm³/mol. The van der Waals surface area contributed by atoms with Gasteiger partial charge in [0.05, 0.1) is 7.11 Å². The lowest BCUT2D eigenvalue weighted by Crippen LogP contribution is -2.13. The van der Waals surface area contributed by atoms with Crippen LogP contribution < -0.4 is 9.64 Å². The number of para-hydroxylation sites is 1. The first-order chi connectivity index (χ1) is 8.88. The second kappa shape index (κ2) is 4.57. The number of nitrogens with zero attached hydrogens (tertiary/aromatic N) is 1. The molecule has 1 heterocycles. The molecule has 2 heteroatoms. The lowest BCUT2D eigenvalue weighted by atomic mass is 10.1. The molecule has 0 unspecified atom stereocenters. The molecule has 18 heavy (non-hydrogen) atoms. The summed E-state index contributed by atoms with van der Waals surface area (Å²) < 4.78 is 5.19. The maximum atomic E-state index is 5.19. The first-order valence-corrected chi connectivity index (χ1v) is 6.06. The van der Waals surface area contributed by atoms with Crippen LogP contribution in [0.3, 0.4) is 0 Å². The molecular weight excluding hydrogens is 222 g/mol. The average Bonchev–Trinajstić information content (AvgIpc) is 2.47. The van der Waals surface area contributed by atoms with Crippen LogP contribution in [-0.2, 0) is 6.42 Å². The number of hydrogen-bond acceptors (Lipinski definition) is 2. The first-order valence-electron chi connectivity index (χ1n) is 6.06. The number of hydrogen-bond donors (Lipinski definition) is 0. The summed E-state index contributed by atoms with van der Waals surface area (Å²) in [5.74, 6) is 0.882. The standard InChI is InChI=1S/C16H15NO/c1-18-15-10-8-14(9-11-15)17-12-4-6-13-5-2-3-7-16(13)17/h2-5,7-12H,6H2,1H3. The molecule has 1 aliphatic rings. The Bertz CT molecular complexity index is 572. The molecule has 0 aromatic heterocycles. The molecule has 1 aliphatic heterocycles. The highest BCUT2D eigenvalue weighted by atomic mass is 16.5. The normalized spacial score (nSPS) is 13.3. The number of fused-ring (bicyclic) bond motifs is 1. The Labute approximate surface area is 107 Å². The quantitative estimate of drug-likeness (QED) is 0.785. The van der Waals surface area contributed by atoms with Crippen molar-refractivity contribution in [3.63, 3.8) is 0 Å². The van der Waals surface area contributed by atoms with Crippen LogP contribution in [0.15, 0.2) is 60.8 Å². The number of rotatable bonds is 2. The summed E-state index contributed by atoms with van der Waals surface area (Å²) in [6, 6.07) is 16.6. The van der Waals surface area contributed by atoms with Crippen molar-refractivity contribution in [1.82, 2.24) is 0 Å². The van der Waals surface area contributed by atoms with E-state index in [9.17, 15) is 0 Å². The van der Waals surface area contributed by atoms with Gasteiger partial charge in [-0.1, -0.05) is 24.3 Å². The molecule has 0 bridgehead atoms. The van der Waals surface area contributed by atoms with E-state index >= 15 is 0 Å². The van der Waals surface area contributed by atoms with Gasteiger partial charge in [0.1, 0.15) is 5.75 Å². The van der Waals surface area contributed by atoms with Gasteiger partial charge in [0.15, 0.2) is 0 Å². The Morgan fingerprint density at radius 3 is 2.56 bits per heavy atom. The summed E-state index contributed by atoms with van der Waals surface area (Å²) in [6.45, 7) is 0.